The fourth-order valence-electron chi connectivity index (χ4n) is 4.29. The van der Waals surface area contributed by atoms with Crippen LogP contribution in [0.4, 0.5) is 0 Å². The average molecular weight is 438 g/mol. The topological polar surface area (TPSA) is 104 Å². The number of aromatic amines is 2. The zero-order valence-corrected chi connectivity index (χ0v) is 18.1. The third-order valence-corrected chi connectivity index (χ3v) is 7.22. The monoisotopic (exact) mass is 437 g/mol. The van der Waals surface area contributed by atoms with Crippen molar-refractivity contribution in [1.29, 1.82) is 0 Å². The SMILES string of the molecule is COc1ccc(C2CN(S(C)(=O)=O)CC2c2nc3cc(-c4cn[nH]c4)ccc3[nH]2)cc1. The molecule has 4 aromatic rings. The number of hydrogen-bond acceptors (Lipinski definition) is 5. The number of sulfonamides is 1. The number of aromatic nitrogens is 4. The lowest BCUT2D eigenvalue weighted by molar-refractivity contribution is 0.414. The van der Waals surface area contributed by atoms with Gasteiger partial charge in [-0.05, 0) is 35.4 Å². The summed E-state index contributed by atoms with van der Waals surface area (Å²) >= 11 is 0. The van der Waals surface area contributed by atoms with Gasteiger partial charge >= 0.3 is 0 Å². The van der Waals surface area contributed by atoms with Gasteiger partial charge in [-0.15, -0.1) is 0 Å². The largest absolute Gasteiger partial charge is 0.497 e. The minimum absolute atomic E-state index is 0.00506. The maximum Gasteiger partial charge on any atom is 0.211 e. The first-order chi connectivity index (χ1) is 14.9. The molecule has 8 nitrogen and oxygen atoms in total. The highest BCUT2D eigenvalue weighted by atomic mass is 32.2. The van der Waals surface area contributed by atoms with Crippen molar-refractivity contribution in [1.82, 2.24) is 24.5 Å². The molecule has 0 bridgehead atoms. The quantitative estimate of drug-likeness (QED) is 0.499. The van der Waals surface area contributed by atoms with Crippen LogP contribution < -0.4 is 4.74 Å². The summed E-state index contributed by atoms with van der Waals surface area (Å²) in [5.74, 6) is 1.49. The average Bonchev–Trinajstić information content (AvgIpc) is 3.51. The van der Waals surface area contributed by atoms with Gasteiger partial charge in [0.1, 0.15) is 11.6 Å². The zero-order valence-electron chi connectivity index (χ0n) is 17.2. The van der Waals surface area contributed by atoms with E-state index in [2.05, 4.69) is 15.2 Å². The molecule has 2 unspecified atom stereocenters. The molecule has 3 heterocycles. The Hall–Kier alpha value is -3.17. The van der Waals surface area contributed by atoms with Crippen molar-refractivity contribution in [3.05, 3.63) is 66.2 Å². The van der Waals surface area contributed by atoms with Crippen LogP contribution in [0, 0.1) is 0 Å². The molecule has 1 saturated heterocycles. The molecule has 2 atom stereocenters. The number of nitrogens with zero attached hydrogens (tertiary/aromatic N) is 3. The van der Waals surface area contributed by atoms with Crippen LogP contribution in [0.5, 0.6) is 5.75 Å². The van der Waals surface area contributed by atoms with Gasteiger partial charge in [-0.25, -0.2) is 17.7 Å². The predicted octanol–water partition coefficient (Wildman–Crippen LogP) is 3.10. The summed E-state index contributed by atoms with van der Waals surface area (Å²) in [7, 11) is -1.68. The van der Waals surface area contributed by atoms with E-state index < -0.39 is 10.0 Å². The molecule has 9 heteroatoms. The van der Waals surface area contributed by atoms with E-state index in [0.717, 1.165) is 39.3 Å². The van der Waals surface area contributed by atoms with Crippen molar-refractivity contribution in [3.8, 4) is 16.9 Å². The second kappa shape index (κ2) is 7.51. The van der Waals surface area contributed by atoms with Gasteiger partial charge in [0.25, 0.3) is 0 Å². The van der Waals surface area contributed by atoms with Gasteiger partial charge < -0.3 is 9.72 Å². The van der Waals surface area contributed by atoms with Gasteiger partial charge in [0, 0.05) is 36.7 Å². The van der Waals surface area contributed by atoms with Crippen LogP contribution in [-0.2, 0) is 10.0 Å². The number of methoxy groups -OCH3 is 1. The highest BCUT2D eigenvalue weighted by Gasteiger charge is 2.40. The molecule has 160 valence electrons. The third kappa shape index (κ3) is 3.70. The van der Waals surface area contributed by atoms with Crippen molar-refractivity contribution in [2.24, 2.45) is 0 Å². The lowest BCUT2D eigenvalue weighted by Gasteiger charge is -2.17. The molecule has 2 aromatic heterocycles. The van der Waals surface area contributed by atoms with Crippen molar-refractivity contribution in [2.45, 2.75) is 11.8 Å². The van der Waals surface area contributed by atoms with Gasteiger partial charge in [-0.3, -0.25) is 5.10 Å². The molecule has 2 N–H and O–H groups in total. The smallest absolute Gasteiger partial charge is 0.211 e. The number of hydrogen-bond donors (Lipinski definition) is 2. The molecule has 0 radical (unpaired) electrons. The first kappa shape index (κ1) is 19.8. The summed E-state index contributed by atoms with van der Waals surface area (Å²) in [5.41, 5.74) is 4.85. The molecule has 0 saturated carbocycles. The first-order valence-corrected chi connectivity index (χ1v) is 11.8. The number of H-pyrrole nitrogens is 2. The van der Waals surface area contributed by atoms with E-state index in [1.54, 1.807) is 13.3 Å². The molecule has 31 heavy (non-hydrogen) atoms. The Labute approximate surface area is 180 Å². The molecule has 0 amide bonds. The molecular formula is C22H23N5O3S. The number of ether oxygens (including phenoxy) is 1. The Morgan fingerprint density at radius 3 is 2.52 bits per heavy atom. The van der Waals surface area contributed by atoms with Crippen molar-refractivity contribution in [2.75, 3.05) is 26.5 Å². The summed E-state index contributed by atoms with van der Waals surface area (Å²) in [4.78, 5) is 8.28. The van der Waals surface area contributed by atoms with Gasteiger partial charge in [0.15, 0.2) is 0 Å². The Morgan fingerprint density at radius 1 is 1.06 bits per heavy atom. The lowest BCUT2D eigenvalue weighted by Crippen LogP contribution is -2.27. The molecule has 1 fully saturated rings. The molecular weight excluding hydrogens is 414 g/mol. The highest BCUT2D eigenvalue weighted by molar-refractivity contribution is 7.88. The van der Waals surface area contributed by atoms with Crippen LogP contribution in [0.3, 0.4) is 0 Å². The fourth-order valence-corrected chi connectivity index (χ4v) is 5.16. The van der Waals surface area contributed by atoms with Crippen LogP contribution in [0.1, 0.15) is 23.2 Å². The van der Waals surface area contributed by atoms with Crippen molar-refractivity contribution in [3.63, 3.8) is 0 Å². The Bertz CT molecular complexity index is 1310. The Kier molecular flexibility index (Phi) is 4.79. The second-order valence-electron chi connectivity index (χ2n) is 7.91. The van der Waals surface area contributed by atoms with Gasteiger partial charge in [-0.1, -0.05) is 18.2 Å². The summed E-state index contributed by atoms with van der Waals surface area (Å²) in [6.07, 6.45) is 4.88. The second-order valence-corrected chi connectivity index (χ2v) is 9.89. The molecule has 0 aliphatic carbocycles. The number of imidazole rings is 1. The fraction of sp³-hybridized carbons (Fsp3) is 0.273. The maximum absolute atomic E-state index is 12.3. The predicted molar refractivity (Wildman–Crippen MR) is 119 cm³/mol. The summed E-state index contributed by atoms with van der Waals surface area (Å²) in [5, 5.41) is 6.84. The number of benzene rings is 2. The van der Waals surface area contributed by atoms with Gasteiger partial charge in [-0.2, -0.15) is 5.10 Å². The highest BCUT2D eigenvalue weighted by Crippen LogP contribution is 2.40. The first-order valence-electron chi connectivity index (χ1n) is 10.0. The lowest BCUT2D eigenvalue weighted by atomic mass is 9.88. The van der Waals surface area contributed by atoms with E-state index in [1.165, 1.54) is 10.6 Å². The minimum atomic E-state index is -3.31. The van der Waals surface area contributed by atoms with Crippen molar-refractivity contribution >= 4 is 21.1 Å². The minimum Gasteiger partial charge on any atom is -0.497 e. The van der Waals surface area contributed by atoms with E-state index in [0.29, 0.717) is 13.1 Å². The van der Waals surface area contributed by atoms with Crippen LogP contribution in [0.25, 0.3) is 22.2 Å². The Morgan fingerprint density at radius 2 is 1.84 bits per heavy atom. The molecule has 5 rings (SSSR count). The molecule has 0 spiro atoms. The normalized spacial score (nSPS) is 19.8. The number of fused-ring (bicyclic) bond motifs is 1. The Balaban J connectivity index is 1.54. The van der Waals surface area contributed by atoms with Crippen LogP contribution in [0.2, 0.25) is 0 Å². The number of rotatable bonds is 5. The molecule has 2 aromatic carbocycles. The molecule has 1 aliphatic rings. The van der Waals surface area contributed by atoms with Crippen LogP contribution in [0.15, 0.2) is 54.9 Å². The summed E-state index contributed by atoms with van der Waals surface area (Å²) in [6, 6.07) is 13.9. The van der Waals surface area contributed by atoms with Gasteiger partial charge in [0.2, 0.25) is 10.0 Å². The number of nitrogens with one attached hydrogen (secondary N) is 2. The van der Waals surface area contributed by atoms with Crippen molar-refractivity contribution < 1.29 is 13.2 Å². The van der Waals surface area contributed by atoms with Gasteiger partial charge in [0.05, 0.1) is 30.6 Å². The standard InChI is InChI=1S/C22H23N5O3S/c1-30-17-6-3-14(4-7-17)18-12-27(31(2,28)29)13-19(18)22-25-20-8-5-15(9-21(20)26-22)16-10-23-24-11-16/h3-11,18-19H,12-13H2,1-2H3,(H,23,24)(H,25,26). The van der Waals surface area contributed by atoms with E-state index in [-0.39, 0.29) is 11.8 Å². The van der Waals surface area contributed by atoms with E-state index >= 15 is 0 Å². The summed E-state index contributed by atoms with van der Waals surface area (Å²) in [6.45, 7) is 0.817. The van der Waals surface area contributed by atoms with E-state index in [1.807, 2.05) is 48.7 Å². The molecule has 1 aliphatic heterocycles. The van der Waals surface area contributed by atoms with E-state index in [4.69, 9.17) is 9.72 Å². The van der Waals surface area contributed by atoms with E-state index in [9.17, 15) is 8.42 Å². The van der Waals surface area contributed by atoms with Crippen LogP contribution in [-0.4, -0.2) is 59.3 Å². The zero-order chi connectivity index (χ0) is 21.6. The third-order valence-electron chi connectivity index (χ3n) is 5.98. The maximum atomic E-state index is 12.3. The summed E-state index contributed by atoms with van der Waals surface area (Å²) < 4.78 is 31.4. The van der Waals surface area contributed by atoms with Crippen LogP contribution >= 0.6 is 0 Å².